The van der Waals surface area contributed by atoms with Gasteiger partial charge in [-0.15, -0.1) is 0 Å². The smallest absolute Gasteiger partial charge is 0.0980 e. The third kappa shape index (κ3) is 0.677. The molecule has 49 valence electrons. The predicted octanol–water partition coefficient (Wildman–Crippen LogP) is 1.55. The quantitative estimate of drug-likeness (QED) is 0.566. The van der Waals surface area contributed by atoms with Crippen molar-refractivity contribution in [1.29, 1.82) is 0 Å². The van der Waals surface area contributed by atoms with Crippen molar-refractivity contribution < 1.29 is 5.11 Å². The van der Waals surface area contributed by atoms with E-state index in [2.05, 4.69) is 6.07 Å². The molecular weight excluding hydrogens is 124 g/mol. The minimum absolute atomic E-state index is 0.399. The Morgan fingerprint density at radius 2 is 2.40 bits per heavy atom. The molecule has 0 saturated heterocycles. The second kappa shape index (κ2) is 1.96. The highest BCUT2D eigenvalue weighted by atomic mass is 16.3. The third-order valence-corrected chi connectivity index (χ3v) is 1.71. The first-order valence-corrected chi connectivity index (χ1v) is 3.24. The summed E-state index contributed by atoms with van der Waals surface area (Å²) in [7, 11) is 0. The normalized spacial score (nSPS) is 21.1. The van der Waals surface area contributed by atoms with Crippen LogP contribution in [0.2, 0.25) is 0 Å². The molecular formula is C9H7O. The van der Waals surface area contributed by atoms with E-state index >= 15 is 0 Å². The molecule has 1 nitrogen and oxygen atoms in total. The maximum atomic E-state index is 9.28. The molecule has 1 N–H and O–H groups in total. The molecule has 1 atom stereocenters. The van der Waals surface area contributed by atoms with E-state index in [-0.39, 0.29) is 0 Å². The van der Waals surface area contributed by atoms with Gasteiger partial charge in [-0.1, -0.05) is 24.3 Å². The largest absolute Gasteiger partial charge is 0.384 e. The Kier molecular flexibility index (Phi) is 1.11. The van der Waals surface area contributed by atoms with Crippen LogP contribution in [0.1, 0.15) is 17.2 Å². The fourth-order valence-corrected chi connectivity index (χ4v) is 1.17. The summed E-state index contributed by atoms with van der Waals surface area (Å²) < 4.78 is 0. The predicted molar refractivity (Wildman–Crippen MR) is 39.3 cm³/mol. The average molecular weight is 131 g/mol. The van der Waals surface area contributed by atoms with Gasteiger partial charge in [0.05, 0.1) is 6.10 Å². The number of aliphatic hydroxyl groups is 1. The Morgan fingerprint density at radius 1 is 1.50 bits per heavy atom. The molecule has 0 fully saturated rings. The number of benzene rings is 1. The van der Waals surface area contributed by atoms with Crippen LogP contribution in [-0.2, 0) is 0 Å². The Balaban J connectivity index is 2.59. The van der Waals surface area contributed by atoms with E-state index in [0.29, 0.717) is 0 Å². The van der Waals surface area contributed by atoms with E-state index in [9.17, 15) is 5.11 Å². The summed E-state index contributed by atoms with van der Waals surface area (Å²) in [5.74, 6) is 0. The standard InChI is InChI=1S/C9H7O/c10-9-6-5-7-3-1-2-4-8(7)9/h2-6,9-10H. The van der Waals surface area contributed by atoms with Gasteiger partial charge in [0.2, 0.25) is 0 Å². The summed E-state index contributed by atoms with van der Waals surface area (Å²) in [5, 5.41) is 9.28. The van der Waals surface area contributed by atoms with Crippen LogP contribution in [0.4, 0.5) is 0 Å². The molecule has 1 aromatic rings. The van der Waals surface area contributed by atoms with Gasteiger partial charge in [0.1, 0.15) is 0 Å². The molecule has 1 aromatic carbocycles. The lowest BCUT2D eigenvalue weighted by atomic mass is 10.1. The summed E-state index contributed by atoms with van der Waals surface area (Å²) in [5.41, 5.74) is 2.06. The Morgan fingerprint density at radius 3 is 3.20 bits per heavy atom. The highest BCUT2D eigenvalue weighted by Crippen LogP contribution is 2.26. The zero-order chi connectivity index (χ0) is 6.97. The van der Waals surface area contributed by atoms with E-state index in [1.165, 1.54) is 0 Å². The molecule has 1 heteroatoms. The number of hydrogen-bond acceptors (Lipinski definition) is 1. The zero-order valence-corrected chi connectivity index (χ0v) is 5.41. The van der Waals surface area contributed by atoms with Crippen molar-refractivity contribution in [3.05, 3.63) is 41.5 Å². The Labute approximate surface area is 59.6 Å². The number of rotatable bonds is 0. The second-order valence-corrected chi connectivity index (χ2v) is 2.36. The van der Waals surface area contributed by atoms with Gasteiger partial charge in [-0.05, 0) is 23.3 Å². The van der Waals surface area contributed by atoms with Crippen LogP contribution < -0.4 is 0 Å². The Hall–Kier alpha value is -1.08. The van der Waals surface area contributed by atoms with E-state index < -0.39 is 6.10 Å². The van der Waals surface area contributed by atoms with Crippen LogP contribution in [0.15, 0.2) is 24.3 Å². The minimum Gasteiger partial charge on any atom is -0.384 e. The van der Waals surface area contributed by atoms with Crippen LogP contribution in [0.3, 0.4) is 0 Å². The average Bonchev–Trinajstić information content (AvgIpc) is 2.34. The molecule has 0 spiro atoms. The van der Waals surface area contributed by atoms with Crippen molar-refractivity contribution >= 4 is 6.08 Å². The summed E-state index contributed by atoms with van der Waals surface area (Å²) in [6.07, 6.45) is 3.29. The minimum atomic E-state index is -0.399. The second-order valence-electron chi connectivity index (χ2n) is 2.36. The van der Waals surface area contributed by atoms with Crippen molar-refractivity contribution in [3.63, 3.8) is 0 Å². The number of hydrogen-bond donors (Lipinski definition) is 1. The van der Waals surface area contributed by atoms with E-state index in [0.717, 1.165) is 11.1 Å². The van der Waals surface area contributed by atoms with Crippen LogP contribution in [0.5, 0.6) is 0 Å². The molecule has 1 unspecified atom stereocenters. The molecule has 1 radical (unpaired) electrons. The molecule has 0 saturated carbocycles. The number of aliphatic hydroxyl groups excluding tert-OH is 1. The topological polar surface area (TPSA) is 20.2 Å². The first-order chi connectivity index (χ1) is 4.88. The summed E-state index contributed by atoms with van der Waals surface area (Å²) in [4.78, 5) is 0. The van der Waals surface area contributed by atoms with E-state index in [4.69, 9.17) is 0 Å². The molecule has 1 aliphatic rings. The molecule has 10 heavy (non-hydrogen) atoms. The van der Waals surface area contributed by atoms with Crippen molar-refractivity contribution in [2.75, 3.05) is 0 Å². The fourth-order valence-electron chi connectivity index (χ4n) is 1.17. The van der Waals surface area contributed by atoms with Crippen molar-refractivity contribution in [2.24, 2.45) is 0 Å². The van der Waals surface area contributed by atoms with Crippen LogP contribution in [0, 0.1) is 6.07 Å². The first-order valence-electron chi connectivity index (χ1n) is 3.24. The summed E-state index contributed by atoms with van der Waals surface area (Å²) >= 11 is 0. The van der Waals surface area contributed by atoms with E-state index in [1.54, 1.807) is 6.08 Å². The zero-order valence-electron chi connectivity index (χ0n) is 5.41. The summed E-state index contributed by atoms with van der Waals surface area (Å²) in [6.45, 7) is 0. The van der Waals surface area contributed by atoms with Crippen LogP contribution >= 0.6 is 0 Å². The fraction of sp³-hybridized carbons (Fsp3) is 0.111. The van der Waals surface area contributed by atoms with Gasteiger partial charge in [-0.3, -0.25) is 0 Å². The monoisotopic (exact) mass is 131 g/mol. The van der Waals surface area contributed by atoms with Gasteiger partial charge in [-0.25, -0.2) is 0 Å². The van der Waals surface area contributed by atoms with Gasteiger partial charge in [-0.2, -0.15) is 0 Å². The highest BCUT2D eigenvalue weighted by molar-refractivity contribution is 5.60. The lowest BCUT2D eigenvalue weighted by Gasteiger charge is -2.00. The molecule has 0 amide bonds. The summed E-state index contributed by atoms with van der Waals surface area (Å²) in [6, 6.07) is 8.53. The molecule has 0 heterocycles. The van der Waals surface area contributed by atoms with Gasteiger partial charge in [0.15, 0.2) is 0 Å². The first kappa shape index (κ1) is 5.69. The van der Waals surface area contributed by atoms with E-state index in [1.807, 2.05) is 24.3 Å². The lowest BCUT2D eigenvalue weighted by molar-refractivity contribution is 0.232. The number of fused-ring (bicyclic) bond motifs is 1. The van der Waals surface area contributed by atoms with Crippen LogP contribution in [0.25, 0.3) is 6.08 Å². The van der Waals surface area contributed by atoms with Gasteiger partial charge < -0.3 is 5.11 Å². The lowest BCUT2D eigenvalue weighted by Crippen LogP contribution is -1.88. The molecule has 1 aliphatic carbocycles. The van der Waals surface area contributed by atoms with Crippen molar-refractivity contribution in [3.8, 4) is 0 Å². The molecule has 0 bridgehead atoms. The van der Waals surface area contributed by atoms with Crippen LogP contribution in [-0.4, -0.2) is 5.11 Å². The molecule has 2 rings (SSSR count). The molecule has 0 aliphatic heterocycles. The Bertz CT molecular complexity index is 276. The van der Waals surface area contributed by atoms with Crippen molar-refractivity contribution in [2.45, 2.75) is 6.10 Å². The SMILES string of the molecule is OC1C=Cc2c[c]ccc21. The van der Waals surface area contributed by atoms with Gasteiger partial charge >= 0.3 is 0 Å². The third-order valence-electron chi connectivity index (χ3n) is 1.71. The van der Waals surface area contributed by atoms with Gasteiger partial charge in [0, 0.05) is 0 Å². The highest BCUT2D eigenvalue weighted by Gasteiger charge is 2.11. The molecule has 0 aromatic heterocycles. The maximum absolute atomic E-state index is 9.28. The van der Waals surface area contributed by atoms with Gasteiger partial charge in [0.25, 0.3) is 0 Å². The van der Waals surface area contributed by atoms with Crippen molar-refractivity contribution in [1.82, 2.24) is 0 Å². The maximum Gasteiger partial charge on any atom is 0.0980 e.